The third kappa shape index (κ3) is 2.03. The molecule has 0 bridgehead atoms. The molecule has 2 rings (SSSR count). The molecule has 2 nitrogen and oxygen atoms in total. The number of hydrogen-bond donors (Lipinski definition) is 1. The highest BCUT2D eigenvalue weighted by Gasteiger charge is 2.10. The van der Waals surface area contributed by atoms with Gasteiger partial charge < -0.3 is 9.52 Å². The topological polar surface area (TPSA) is 33.4 Å². The van der Waals surface area contributed by atoms with E-state index in [9.17, 15) is 5.11 Å². The second-order valence-corrected chi connectivity index (χ2v) is 3.22. The fraction of sp³-hybridized carbons (Fsp3) is 0.167. The maximum Gasteiger partial charge on any atom is 0.132 e. The van der Waals surface area contributed by atoms with Gasteiger partial charge in [0.1, 0.15) is 11.9 Å². The van der Waals surface area contributed by atoms with E-state index in [-0.39, 0.29) is 0 Å². The number of aliphatic hydroxyl groups excluding tert-OH is 1. The summed E-state index contributed by atoms with van der Waals surface area (Å²) in [6, 6.07) is 13.4. The van der Waals surface area contributed by atoms with Crippen molar-refractivity contribution >= 4 is 0 Å². The van der Waals surface area contributed by atoms with Crippen LogP contribution in [-0.4, -0.2) is 5.11 Å². The summed E-state index contributed by atoms with van der Waals surface area (Å²) in [6.45, 7) is 0. The fourth-order valence-electron chi connectivity index (χ4n) is 1.42. The Morgan fingerprint density at radius 2 is 1.86 bits per heavy atom. The first-order valence-electron chi connectivity index (χ1n) is 4.61. The van der Waals surface area contributed by atoms with Crippen LogP contribution in [0.4, 0.5) is 0 Å². The average Bonchev–Trinajstić information content (AvgIpc) is 2.72. The SMILES string of the molecule is O[C@@H](Cc1ccccc1)c1ccco1. The zero-order chi connectivity index (χ0) is 9.80. The Morgan fingerprint density at radius 3 is 2.50 bits per heavy atom. The van der Waals surface area contributed by atoms with Gasteiger partial charge in [-0.1, -0.05) is 30.3 Å². The molecule has 0 fully saturated rings. The Hall–Kier alpha value is -1.54. The Morgan fingerprint density at radius 1 is 1.07 bits per heavy atom. The van der Waals surface area contributed by atoms with Gasteiger partial charge in [-0.25, -0.2) is 0 Å². The quantitative estimate of drug-likeness (QED) is 0.803. The van der Waals surface area contributed by atoms with Crippen LogP contribution in [0, 0.1) is 0 Å². The zero-order valence-electron chi connectivity index (χ0n) is 7.76. The summed E-state index contributed by atoms with van der Waals surface area (Å²) < 4.78 is 5.12. The zero-order valence-corrected chi connectivity index (χ0v) is 7.76. The molecule has 72 valence electrons. The van der Waals surface area contributed by atoms with E-state index in [2.05, 4.69) is 0 Å². The molecular weight excluding hydrogens is 176 g/mol. The van der Waals surface area contributed by atoms with Crippen LogP contribution >= 0.6 is 0 Å². The van der Waals surface area contributed by atoms with Crippen LogP contribution in [0.3, 0.4) is 0 Å². The number of hydrogen-bond acceptors (Lipinski definition) is 2. The van der Waals surface area contributed by atoms with Crippen LogP contribution in [0.25, 0.3) is 0 Å². The number of furan rings is 1. The smallest absolute Gasteiger partial charge is 0.132 e. The van der Waals surface area contributed by atoms with E-state index >= 15 is 0 Å². The largest absolute Gasteiger partial charge is 0.467 e. The van der Waals surface area contributed by atoms with E-state index in [1.54, 1.807) is 18.4 Å². The highest BCUT2D eigenvalue weighted by Crippen LogP contribution is 2.17. The average molecular weight is 188 g/mol. The molecule has 0 aliphatic heterocycles. The number of benzene rings is 1. The van der Waals surface area contributed by atoms with Crippen LogP contribution in [-0.2, 0) is 6.42 Å². The van der Waals surface area contributed by atoms with Crippen molar-refractivity contribution in [3.63, 3.8) is 0 Å². The monoisotopic (exact) mass is 188 g/mol. The molecule has 0 radical (unpaired) electrons. The first kappa shape index (κ1) is 9.03. The van der Waals surface area contributed by atoms with Gasteiger partial charge in [-0.15, -0.1) is 0 Å². The second kappa shape index (κ2) is 4.11. The Kier molecular flexibility index (Phi) is 2.65. The normalized spacial score (nSPS) is 12.6. The molecule has 1 aromatic heterocycles. The molecule has 0 saturated carbocycles. The minimum absolute atomic E-state index is 0.549. The standard InChI is InChI=1S/C12H12O2/c13-11(12-7-4-8-14-12)9-10-5-2-1-3-6-10/h1-8,11,13H,9H2/t11-/m0/s1. The maximum atomic E-state index is 9.77. The summed E-state index contributed by atoms with van der Waals surface area (Å²) in [6.07, 6.45) is 1.62. The van der Waals surface area contributed by atoms with Gasteiger partial charge in [-0.05, 0) is 17.7 Å². The van der Waals surface area contributed by atoms with Crippen LogP contribution in [0.2, 0.25) is 0 Å². The molecule has 1 heterocycles. The molecule has 0 aliphatic carbocycles. The van der Waals surface area contributed by atoms with Gasteiger partial charge in [0.2, 0.25) is 0 Å². The van der Waals surface area contributed by atoms with Crippen molar-refractivity contribution in [2.75, 3.05) is 0 Å². The molecule has 1 atom stereocenters. The first-order valence-corrected chi connectivity index (χ1v) is 4.61. The fourth-order valence-corrected chi connectivity index (χ4v) is 1.42. The molecule has 0 aliphatic rings. The minimum Gasteiger partial charge on any atom is -0.467 e. The predicted octanol–water partition coefficient (Wildman–Crippen LogP) is 2.56. The molecule has 0 saturated heterocycles. The summed E-state index contributed by atoms with van der Waals surface area (Å²) in [5.74, 6) is 0.619. The van der Waals surface area contributed by atoms with Gasteiger partial charge in [0.15, 0.2) is 0 Å². The number of rotatable bonds is 3. The molecule has 0 amide bonds. The molecule has 1 aromatic carbocycles. The summed E-state index contributed by atoms with van der Waals surface area (Å²) >= 11 is 0. The molecule has 0 unspecified atom stereocenters. The number of aliphatic hydroxyl groups is 1. The van der Waals surface area contributed by atoms with Crippen LogP contribution < -0.4 is 0 Å². The predicted molar refractivity (Wildman–Crippen MR) is 53.8 cm³/mol. The van der Waals surface area contributed by atoms with Gasteiger partial charge in [0, 0.05) is 6.42 Å². The summed E-state index contributed by atoms with van der Waals surface area (Å²) in [5.41, 5.74) is 1.11. The second-order valence-electron chi connectivity index (χ2n) is 3.22. The molecule has 1 N–H and O–H groups in total. The van der Waals surface area contributed by atoms with E-state index in [1.807, 2.05) is 30.3 Å². The lowest BCUT2D eigenvalue weighted by Crippen LogP contribution is -1.99. The lowest BCUT2D eigenvalue weighted by molar-refractivity contribution is 0.150. The Balaban J connectivity index is 2.06. The van der Waals surface area contributed by atoms with E-state index < -0.39 is 6.10 Å². The molecule has 0 spiro atoms. The molecule has 14 heavy (non-hydrogen) atoms. The van der Waals surface area contributed by atoms with Crippen LogP contribution in [0.15, 0.2) is 53.1 Å². The maximum absolute atomic E-state index is 9.77. The van der Waals surface area contributed by atoms with Crippen LogP contribution in [0.5, 0.6) is 0 Å². The molecule has 2 aromatic rings. The van der Waals surface area contributed by atoms with Crippen molar-refractivity contribution in [2.24, 2.45) is 0 Å². The lowest BCUT2D eigenvalue weighted by Gasteiger charge is -2.06. The lowest BCUT2D eigenvalue weighted by atomic mass is 10.1. The van der Waals surface area contributed by atoms with Gasteiger partial charge in [0.05, 0.1) is 6.26 Å². The van der Waals surface area contributed by atoms with E-state index in [1.165, 1.54) is 0 Å². The van der Waals surface area contributed by atoms with Crippen molar-refractivity contribution < 1.29 is 9.52 Å². The third-order valence-electron chi connectivity index (χ3n) is 2.14. The van der Waals surface area contributed by atoms with Gasteiger partial charge in [-0.2, -0.15) is 0 Å². The minimum atomic E-state index is -0.549. The van der Waals surface area contributed by atoms with Gasteiger partial charge >= 0.3 is 0 Å². The highest BCUT2D eigenvalue weighted by molar-refractivity contribution is 5.17. The van der Waals surface area contributed by atoms with Crippen molar-refractivity contribution in [3.05, 3.63) is 60.1 Å². The van der Waals surface area contributed by atoms with Gasteiger partial charge in [0.25, 0.3) is 0 Å². The highest BCUT2D eigenvalue weighted by atomic mass is 16.4. The Labute approximate surface area is 82.8 Å². The summed E-state index contributed by atoms with van der Waals surface area (Å²) in [7, 11) is 0. The molecule has 2 heteroatoms. The van der Waals surface area contributed by atoms with Gasteiger partial charge in [-0.3, -0.25) is 0 Å². The third-order valence-corrected chi connectivity index (χ3v) is 2.14. The summed E-state index contributed by atoms with van der Waals surface area (Å²) in [4.78, 5) is 0. The van der Waals surface area contributed by atoms with Crippen molar-refractivity contribution in [2.45, 2.75) is 12.5 Å². The van der Waals surface area contributed by atoms with E-state index in [0.717, 1.165) is 5.56 Å². The van der Waals surface area contributed by atoms with Crippen molar-refractivity contribution in [3.8, 4) is 0 Å². The van der Waals surface area contributed by atoms with Crippen LogP contribution in [0.1, 0.15) is 17.4 Å². The first-order chi connectivity index (χ1) is 6.86. The van der Waals surface area contributed by atoms with Crippen molar-refractivity contribution in [1.29, 1.82) is 0 Å². The van der Waals surface area contributed by atoms with E-state index in [4.69, 9.17) is 4.42 Å². The van der Waals surface area contributed by atoms with Crippen molar-refractivity contribution in [1.82, 2.24) is 0 Å². The summed E-state index contributed by atoms with van der Waals surface area (Å²) in [5, 5.41) is 9.77. The molecular formula is C12H12O2. The Bertz CT molecular complexity index is 364. The van der Waals surface area contributed by atoms with E-state index in [0.29, 0.717) is 12.2 Å².